The first-order valence-corrected chi connectivity index (χ1v) is 6.74. The van der Waals surface area contributed by atoms with Crippen LogP contribution in [0.4, 0.5) is 5.69 Å². The quantitative estimate of drug-likeness (QED) is 0.693. The first-order valence-electron chi connectivity index (χ1n) is 5.93. The number of aromatic nitrogens is 1. The molecule has 0 unspecified atom stereocenters. The van der Waals surface area contributed by atoms with E-state index in [1.54, 1.807) is 6.92 Å². The van der Waals surface area contributed by atoms with Gasteiger partial charge in [-0.3, -0.25) is 19.9 Å². The summed E-state index contributed by atoms with van der Waals surface area (Å²) in [5, 5.41) is 13.5. The molecule has 104 valence electrons. The minimum atomic E-state index is -0.481. The van der Waals surface area contributed by atoms with Gasteiger partial charge in [0.1, 0.15) is 0 Å². The van der Waals surface area contributed by atoms with Gasteiger partial charge in [-0.1, -0.05) is 6.07 Å². The van der Waals surface area contributed by atoms with Crippen LogP contribution < -0.4 is 5.32 Å². The Labute approximate surface area is 119 Å². The van der Waals surface area contributed by atoms with E-state index in [4.69, 9.17) is 0 Å². The fraction of sp³-hybridized carbons (Fsp3) is 0.231. The lowest BCUT2D eigenvalue weighted by Crippen LogP contribution is -2.22. The Morgan fingerprint density at radius 1 is 1.45 bits per heavy atom. The summed E-state index contributed by atoms with van der Waals surface area (Å²) in [5.41, 5.74) is 1.61. The van der Waals surface area contributed by atoms with E-state index in [2.05, 4.69) is 10.3 Å². The minimum absolute atomic E-state index is 0.0196. The lowest BCUT2D eigenvalue weighted by molar-refractivity contribution is -0.385. The zero-order valence-electron chi connectivity index (χ0n) is 11.0. The molecule has 0 saturated carbocycles. The second kappa shape index (κ2) is 5.79. The van der Waals surface area contributed by atoms with Gasteiger partial charge in [0.15, 0.2) is 0 Å². The van der Waals surface area contributed by atoms with Gasteiger partial charge >= 0.3 is 0 Å². The predicted molar refractivity (Wildman–Crippen MR) is 75.9 cm³/mol. The van der Waals surface area contributed by atoms with E-state index in [0.29, 0.717) is 16.3 Å². The Hall–Kier alpha value is -2.28. The molecule has 0 atom stereocenters. The summed E-state index contributed by atoms with van der Waals surface area (Å²) in [5.74, 6) is -0.325. The van der Waals surface area contributed by atoms with Gasteiger partial charge in [-0.25, -0.2) is 0 Å². The van der Waals surface area contributed by atoms with Crippen molar-refractivity contribution < 1.29 is 9.72 Å². The molecule has 2 aromatic heterocycles. The van der Waals surface area contributed by atoms with Crippen LogP contribution in [0, 0.1) is 24.0 Å². The van der Waals surface area contributed by atoms with Gasteiger partial charge in [-0.05, 0) is 26.0 Å². The Kier molecular flexibility index (Phi) is 4.09. The molecule has 2 rings (SSSR count). The highest BCUT2D eigenvalue weighted by Gasteiger charge is 2.19. The number of aryl methyl sites for hydroxylation is 2. The third-order valence-corrected chi connectivity index (χ3v) is 3.73. The molecule has 1 amide bonds. The van der Waals surface area contributed by atoms with Crippen LogP contribution in [0.15, 0.2) is 24.3 Å². The molecule has 2 aromatic rings. The van der Waals surface area contributed by atoms with Crippen molar-refractivity contribution >= 4 is 22.9 Å². The van der Waals surface area contributed by atoms with Crippen molar-refractivity contribution in [2.75, 3.05) is 0 Å². The number of hydrogen-bond acceptors (Lipinski definition) is 5. The van der Waals surface area contributed by atoms with Crippen LogP contribution in [-0.4, -0.2) is 15.8 Å². The molecular formula is C13H13N3O3S. The number of nitrogens with zero attached hydrogens (tertiary/aromatic N) is 2. The van der Waals surface area contributed by atoms with E-state index < -0.39 is 4.92 Å². The number of carbonyl (C=O) groups excluding carboxylic acids is 1. The monoisotopic (exact) mass is 291 g/mol. The van der Waals surface area contributed by atoms with Gasteiger partial charge in [0.2, 0.25) is 0 Å². The summed E-state index contributed by atoms with van der Waals surface area (Å²) in [6, 6.07) is 6.86. The van der Waals surface area contributed by atoms with Gasteiger partial charge < -0.3 is 5.32 Å². The molecule has 7 heteroatoms. The third-order valence-electron chi connectivity index (χ3n) is 2.69. The Morgan fingerprint density at radius 3 is 2.80 bits per heavy atom. The summed E-state index contributed by atoms with van der Waals surface area (Å²) in [6.45, 7) is 3.80. The molecule has 0 radical (unpaired) electrons. The van der Waals surface area contributed by atoms with Gasteiger partial charge in [0.25, 0.3) is 11.6 Å². The van der Waals surface area contributed by atoms with Gasteiger partial charge in [0, 0.05) is 11.8 Å². The minimum Gasteiger partial charge on any atom is -0.346 e. The summed E-state index contributed by atoms with van der Waals surface area (Å²) in [6.07, 6.45) is 0. The van der Waals surface area contributed by atoms with E-state index in [-0.39, 0.29) is 11.6 Å². The van der Waals surface area contributed by atoms with Crippen molar-refractivity contribution in [3.63, 3.8) is 0 Å². The van der Waals surface area contributed by atoms with Crippen molar-refractivity contribution in [2.24, 2.45) is 0 Å². The fourth-order valence-electron chi connectivity index (χ4n) is 1.72. The number of rotatable bonds is 4. The summed E-state index contributed by atoms with van der Waals surface area (Å²) in [4.78, 5) is 27.3. The smallest absolute Gasteiger partial charge is 0.283 e. The number of nitro groups is 1. The van der Waals surface area contributed by atoms with Crippen molar-refractivity contribution in [3.8, 4) is 0 Å². The topological polar surface area (TPSA) is 85.1 Å². The first kappa shape index (κ1) is 14.1. The molecule has 0 aliphatic heterocycles. The summed E-state index contributed by atoms with van der Waals surface area (Å²) >= 11 is 1.11. The second-order valence-corrected chi connectivity index (χ2v) is 5.52. The highest BCUT2D eigenvalue weighted by molar-refractivity contribution is 7.14. The van der Waals surface area contributed by atoms with E-state index in [1.165, 1.54) is 6.07 Å². The Bertz CT molecular complexity index is 667. The molecule has 1 N–H and O–H groups in total. The molecule has 0 aliphatic carbocycles. The molecule has 20 heavy (non-hydrogen) atoms. The van der Waals surface area contributed by atoms with Crippen molar-refractivity contribution in [1.29, 1.82) is 0 Å². The molecule has 0 fully saturated rings. The first-order chi connectivity index (χ1) is 9.47. The molecule has 2 heterocycles. The lowest BCUT2D eigenvalue weighted by Gasteiger charge is -2.03. The van der Waals surface area contributed by atoms with Crippen LogP contribution in [0.3, 0.4) is 0 Å². The maximum Gasteiger partial charge on any atom is 0.283 e. The zero-order valence-corrected chi connectivity index (χ0v) is 11.9. The number of amides is 1. The van der Waals surface area contributed by atoms with E-state index >= 15 is 0 Å². The average molecular weight is 291 g/mol. The van der Waals surface area contributed by atoms with E-state index in [1.807, 2.05) is 25.1 Å². The second-order valence-electron chi connectivity index (χ2n) is 4.26. The maximum absolute atomic E-state index is 11.9. The van der Waals surface area contributed by atoms with Crippen LogP contribution in [-0.2, 0) is 6.54 Å². The van der Waals surface area contributed by atoms with E-state index in [0.717, 1.165) is 22.7 Å². The number of nitrogens with one attached hydrogen (secondary N) is 1. The van der Waals surface area contributed by atoms with Crippen molar-refractivity contribution in [3.05, 3.63) is 55.5 Å². The zero-order chi connectivity index (χ0) is 14.7. The summed E-state index contributed by atoms with van der Waals surface area (Å²) < 4.78 is 0. The van der Waals surface area contributed by atoms with Gasteiger partial charge in [0.05, 0.1) is 26.9 Å². The van der Waals surface area contributed by atoms with Crippen LogP contribution in [0.2, 0.25) is 0 Å². The van der Waals surface area contributed by atoms with Crippen LogP contribution in [0.5, 0.6) is 0 Å². The molecule has 0 aromatic carbocycles. The molecule has 6 nitrogen and oxygen atoms in total. The fourth-order valence-corrected chi connectivity index (χ4v) is 2.62. The molecular weight excluding hydrogens is 278 g/mol. The Morgan fingerprint density at radius 2 is 2.20 bits per heavy atom. The average Bonchev–Trinajstić information content (AvgIpc) is 2.78. The van der Waals surface area contributed by atoms with E-state index in [9.17, 15) is 14.9 Å². The standard InChI is InChI=1S/C13H13N3O3S/c1-8-4-3-5-10(15-8)7-14-13(17)12-6-11(16(18)19)9(2)20-12/h3-6H,7H2,1-2H3,(H,14,17). The predicted octanol–water partition coefficient (Wildman–Crippen LogP) is 2.60. The van der Waals surface area contributed by atoms with Crippen LogP contribution in [0.25, 0.3) is 0 Å². The summed E-state index contributed by atoms with van der Waals surface area (Å²) in [7, 11) is 0. The Balaban J connectivity index is 2.05. The molecule has 0 bridgehead atoms. The normalized spacial score (nSPS) is 10.3. The van der Waals surface area contributed by atoms with Crippen LogP contribution in [0.1, 0.15) is 25.9 Å². The highest BCUT2D eigenvalue weighted by Crippen LogP contribution is 2.27. The van der Waals surface area contributed by atoms with Crippen molar-refractivity contribution in [2.45, 2.75) is 20.4 Å². The largest absolute Gasteiger partial charge is 0.346 e. The highest BCUT2D eigenvalue weighted by atomic mass is 32.1. The number of carbonyl (C=O) groups is 1. The lowest BCUT2D eigenvalue weighted by atomic mass is 10.3. The molecule has 0 aliphatic rings. The third kappa shape index (κ3) is 3.18. The van der Waals surface area contributed by atoms with Crippen molar-refractivity contribution in [1.82, 2.24) is 10.3 Å². The van der Waals surface area contributed by atoms with Crippen LogP contribution >= 0.6 is 11.3 Å². The van der Waals surface area contributed by atoms with Gasteiger partial charge in [-0.2, -0.15) is 0 Å². The number of pyridine rings is 1. The SMILES string of the molecule is Cc1cccc(CNC(=O)c2cc([N+](=O)[O-])c(C)s2)n1. The maximum atomic E-state index is 11.9. The number of hydrogen-bond donors (Lipinski definition) is 1. The van der Waals surface area contributed by atoms with Gasteiger partial charge in [-0.15, -0.1) is 11.3 Å². The molecule has 0 spiro atoms. The number of thiophene rings is 1. The molecule has 0 saturated heterocycles.